The molecular formula is C45H77N5O6S. The van der Waals surface area contributed by atoms with Crippen LogP contribution in [-0.2, 0) is 28.8 Å². The van der Waals surface area contributed by atoms with Crippen LogP contribution < -0.4 is 21.1 Å². The highest BCUT2D eigenvalue weighted by molar-refractivity contribution is 7.78. The van der Waals surface area contributed by atoms with E-state index in [0.29, 0.717) is 37.0 Å². The zero-order valence-corrected chi connectivity index (χ0v) is 37.8. The molecule has 0 spiro atoms. The molecule has 2 saturated carbocycles. The number of nitrogens with one attached hydrogen (secondary N) is 3. The number of likely N-dealkylation sites (N-methyl/N-ethyl adjacent to an activating group) is 1. The number of carbonyl (C=O) groups is 6. The number of nitrogens with two attached hydrogens (primary N) is 1. The number of rotatable bonds is 18. The van der Waals surface area contributed by atoms with Crippen molar-refractivity contribution in [2.24, 2.45) is 46.7 Å². The molecule has 4 aliphatic rings. The number of primary amides is 1. The Labute approximate surface area is 350 Å². The van der Waals surface area contributed by atoms with Crippen molar-refractivity contribution >= 4 is 48.9 Å². The first-order valence-electron chi connectivity index (χ1n) is 21.4. The minimum absolute atomic E-state index is 0.0126. The predicted molar refractivity (Wildman–Crippen MR) is 234 cm³/mol. The second kappa shape index (κ2) is 26.1. The van der Waals surface area contributed by atoms with Gasteiger partial charge in [0.25, 0.3) is 5.91 Å². The molecule has 4 rings (SSSR count). The zero-order chi connectivity index (χ0) is 43.5. The van der Waals surface area contributed by atoms with Crippen LogP contribution in [0.25, 0.3) is 0 Å². The Hall–Kier alpha value is -3.09. The number of aldehydes is 1. The lowest BCUT2D eigenvalue weighted by Gasteiger charge is -2.35. The third-order valence-electron chi connectivity index (χ3n) is 11.7. The van der Waals surface area contributed by atoms with E-state index in [4.69, 9.17) is 5.73 Å². The van der Waals surface area contributed by atoms with E-state index in [2.05, 4.69) is 81.9 Å². The summed E-state index contributed by atoms with van der Waals surface area (Å²) in [6, 6.07) is -1.51. The molecule has 12 heteroatoms. The second-order valence-corrected chi connectivity index (χ2v) is 17.6. The van der Waals surface area contributed by atoms with E-state index in [0.717, 1.165) is 50.7 Å². The number of amides is 3. The number of ketones is 2. The Morgan fingerprint density at radius 2 is 1.53 bits per heavy atom. The van der Waals surface area contributed by atoms with Gasteiger partial charge in [-0.1, -0.05) is 125 Å². The number of hydrogen-bond acceptors (Lipinski definition) is 9. The topological polar surface area (TPSA) is 168 Å². The molecule has 324 valence electrons. The van der Waals surface area contributed by atoms with Gasteiger partial charge in [-0.3, -0.25) is 28.7 Å². The summed E-state index contributed by atoms with van der Waals surface area (Å²) >= 11 is 3.81. The molecule has 1 aliphatic heterocycles. The average Bonchev–Trinajstić information content (AvgIpc) is 3.78. The summed E-state index contributed by atoms with van der Waals surface area (Å²) < 4.78 is 2.52. The molecule has 3 amide bonds. The Kier molecular flexibility index (Phi) is 23.8. The predicted octanol–water partition coefficient (Wildman–Crippen LogP) is 6.72. The summed E-state index contributed by atoms with van der Waals surface area (Å²) in [4.78, 5) is 72.1. The number of allylic oxidation sites excluding steroid dienone is 6. The van der Waals surface area contributed by atoms with Crippen LogP contribution in [0.5, 0.6) is 0 Å². The van der Waals surface area contributed by atoms with Crippen LogP contribution in [0.4, 0.5) is 0 Å². The van der Waals surface area contributed by atoms with Gasteiger partial charge in [0.05, 0.1) is 18.1 Å². The number of thiol groups is 1. The van der Waals surface area contributed by atoms with E-state index in [9.17, 15) is 28.8 Å². The lowest BCUT2D eigenvalue weighted by Crippen LogP contribution is -2.53. The van der Waals surface area contributed by atoms with E-state index >= 15 is 0 Å². The van der Waals surface area contributed by atoms with E-state index in [-0.39, 0.29) is 35.1 Å². The van der Waals surface area contributed by atoms with Crippen molar-refractivity contribution in [3.05, 3.63) is 35.5 Å². The molecule has 3 fully saturated rings. The van der Waals surface area contributed by atoms with Gasteiger partial charge in [0, 0.05) is 12.5 Å². The Bertz CT molecular complexity index is 1370. The molecule has 1 saturated heterocycles. The van der Waals surface area contributed by atoms with E-state index in [1.807, 2.05) is 46.9 Å². The Morgan fingerprint density at radius 3 is 1.89 bits per heavy atom. The first kappa shape index (κ1) is 51.9. The zero-order valence-electron chi connectivity index (χ0n) is 36.9. The van der Waals surface area contributed by atoms with Gasteiger partial charge in [-0.25, -0.2) is 0 Å². The number of carbonyl (C=O) groups excluding carboxylic acids is 6. The van der Waals surface area contributed by atoms with Crippen molar-refractivity contribution in [2.75, 3.05) is 13.6 Å². The minimum Gasteiger partial charge on any atom is -0.363 e. The molecule has 3 aliphatic carbocycles. The summed E-state index contributed by atoms with van der Waals surface area (Å²) in [6.07, 6.45) is 20.0. The third-order valence-corrected chi connectivity index (χ3v) is 12.0. The SMILES string of the molecule is C/C=C\C1=C(/C=C\C)CC(C(NC=O)C(=O)N2CC(C)C(C(C)(C)C)C2C=O)C1.CC.CNC(C(=O)C1CCC1)C(C)C.NC(=O)C(=O)C(CCCC1CC1)NS. The van der Waals surface area contributed by atoms with Crippen molar-refractivity contribution in [1.82, 2.24) is 20.3 Å². The fourth-order valence-corrected chi connectivity index (χ4v) is 8.83. The second-order valence-electron chi connectivity index (χ2n) is 17.3. The maximum atomic E-state index is 13.5. The molecule has 0 aromatic carbocycles. The van der Waals surface area contributed by atoms with Crippen LogP contribution >= 0.6 is 12.8 Å². The fraction of sp³-hybridized carbons (Fsp3) is 0.733. The van der Waals surface area contributed by atoms with Crippen molar-refractivity contribution in [2.45, 2.75) is 158 Å². The average molecular weight is 816 g/mol. The third kappa shape index (κ3) is 15.9. The lowest BCUT2D eigenvalue weighted by atomic mass is 9.72. The maximum Gasteiger partial charge on any atom is 0.286 e. The normalized spacial score (nSPS) is 22.7. The molecule has 6 unspecified atom stereocenters. The molecule has 0 aromatic rings. The Morgan fingerprint density at radius 1 is 0.965 bits per heavy atom. The monoisotopic (exact) mass is 816 g/mol. The molecule has 11 nitrogen and oxygen atoms in total. The van der Waals surface area contributed by atoms with Gasteiger partial charge in [-0.15, -0.1) is 0 Å². The van der Waals surface area contributed by atoms with Gasteiger partial charge in [-0.05, 0) is 99.1 Å². The van der Waals surface area contributed by atoms with Crippen LogP contribution in [0.2, 0.25) is 0 Å². The summed E-state index contributed by atoms with van der Waals surface area (Å²) in [7, 11) is 1.88. The van der Waals surface area contributed by atoms with Crippen LogP contribution in [-0.4, -0.2) is 78.7 Å². The molecule has 57 heavy (non-hydrogen) atoms. The van der Waals surface area contributed by atoms with Crippen LogP contribution in [0.1, 0.15) is 133 Å². The summed E-state index contributed by atoms with van der Waals surface area (Å²) in [5, 5.41) is 5.88. The highest BCUT2D eigenvalue weighted by Crippen LogP contribution is 2.43. The van der Waals surface area contributed by atoms with Gasteiger partial charge in [0.1, 0.15) is 12.3 Å². The van der Waals surface area contributed by atoms with Crippen LogP contribution in [0.3, 0.4) is 0 Å². The molecule has 0 bridgehead atoms. The lowest BCUT2D eigenvalue weighted by molar-refractivity contribution is -0.139. The van der Waals surface area contributed by atoms with E-state index in [1.165, 1.54) is 30.4 Å². The Balaban J connectivity index is 0.000000479. The molecule has 1 heterocycles. The molecular weight excluding hydrogens is 739 g/mol. The van der Waals surface area contributed by atoms with Crippen molar-refractivity contribution < 1.29 is 28.8 Å². The van der Waals surface area contributed by atoms with Crippen molar-refractivity contribution in [3.63, 3.8) is 0 Å². The summed E-state index contributed by atoms with van der Waals surface area (Å²) in [6.45, 7) is 21.2. The highest BCUT2D eigenvalue weighted by Gasteiger charge is 2.49. The van der Waals surface area contributed by atoms with Gasteiger partial charge in [0.2, 0.25) is 18.1 Å². The van der Waals surface area contributed by atoms with Gasteiger partial charge in [0.15, 0.2) is 5.78 Å². The first-order valence-corrected chi connectivity index (χ1v) is 21.8. The van der Waals surface area contributed by atoms with Gasteiger partial charge in [-0.2, -0.15) is 0 Å². The number of likely N-dealkylation sites (tertiary alicyclic amines) is 1. The summed E-state index contributed by atoms with van der Waals surface area (Å²) in [5.74, 6) is 0.773. The number of Topliss-reactive ketones (excluding diaryl/α,β-unsaturated/α-hetero) is 2. The molecule has 5 N–H and O–H groups in total. The quantitative estimate of drug-likeness (QED) is 0.0578. The summed E-state index contributed by atoms with van der Waals surface area (Å²) in [5.41, 5.74) is 7.22. The smallest absolute Gasteiger partial charge is 0.286 e. The van der Waals surface area contributed by atoms with Gasteiger partial charge < -0.3 is 26.1 Å². The van der Waals surface area contributed by atoms with E-state index < -0.39 is 29.8 Å². The fourth-order valence-electron chi connectivity index (χ4n) is 8.58. The van der Waals surface area contributed by atoms with Crippen molar-refractivity contribution in [3.8, 4) is 0 Å². The standard InChI is InChI=1S/C24H36N2O3.C10H19NO.C9H16N2O2S.C2H6/c1-7-9-17-11-19(12-18(17)10-8-2)22(25-15-28)23(29)26-13-16(3)21(20(26)14-27)24(4,5)6;1-7(2)9(11-3)10(12)8-5-4-6-8;10-9(13)8(12)7(11-14)3-1-2-6-4-5-6;1-2/h7-10,14-16,19-22H,11-13H2,1-6H3,(H,25,28);7-9,11H,4-6H2,1-3H3;6-7,11,14H,1-5H2,(H2,10,13);1-2H3/b9-7-,10-8-;;;. The van der Waals surface area contributed by atoms with Crippen LogP contribution in [0, 0.1) is 40.9 Å². The largest absolute Gasteiger partial charge is 0.363 e. The molecule has 0 aromatic heterocycles. The number of nitrogens with zero attached hydrogens (tertiary/aromatic N) is 1. The maximum absolute atomic E-state index is 13.5. The van der Waals surface area contributed by atoms with E-state index in [1.54, 1.807) is 4.90 Å². The minimum atomic E-state index is -0.886. The van der Waals surface area contributed by atoms with Gasteiger partial charge >= 0.3 is 0 Å². The molecule has 6 atom stereocenters. The molecule has 0 radical (unpaired) electrons. The van der Waals surface area contributed by atoms with Crippen LogP contribution in [0.15, 0.2) is 35.5 Å². The number of hydrogen-bond donors (Lipinski definition) is 5. The first-order chi connectivity index (χ1) is 27.0. The van der Waals surface area contributed by atoms with Crippen molar-refractivity contribution in [1.29, 1.82) is 0 Å². The highest BCUT2D eigenvalue weighted by atomic mass is 32.1.